The SMILES string of the molecule is CNC1CCN(CC(O)CF)CC1. The fourth-order valence-corrected chi connectivity index (χ4v) is 1.75. The molecule has 1 unspecified atom stereocenters. The number of nitrogens with zero attached hydrogens (tertiary/aromatic N) is 1. The van der Waals surface area contributed by atoms with Crippen molar-refractivity contribution in [3.8, 4) is 0 Å². The molecule has 1 atom stereocenters. The van der Waals surface area contributed by atoms with Crippen molar-refractivity contribution < 1.29 is 9.50 Å². The van der Waals surface area contributed by atoms with Crippen molar-refractivity contribution in [1.82, 2.24) is 10.2 Å². The number of aliphatic hydroxyl groups excluding tert-OH is 1. The third kappa shape index (κ3) is 3.58. The fraction of sp³-hybridized carbons (Fsp3) is 1.00. The van der Waals surface area contributed by atoms with Crippen LogP contribution >= 0.6 is 0 Å². The summed E-state index contributed by atoms with van der Waals surface area (Å²) in [7, 11) is 1.97. The number of hydrogen-bond acceptors (Lipinski definition) is 3. The van der Waals surface area contributed by atoms with Gasteiger partial charge >= 0.3 is 0 Å². The lowest BCUT2D eigenvalue weighted by molar-refractivity contribution is 0.0764. The highest BCUT2D eigenvalue weighted by Crippen LogP contribution is 2.09. The molecule has 0 amide bonds. The molecule has 0 saturated carbocycles. The summed E-state index contributed by atoms with van der Waals surface area (Å²) in [6.45, 7) is 1.77. The Bertz CT molecular complexity index is 138. The van der Waals surface area contributed by atoms with Crippen LogP contribution in [0.5, 0.6) is 0 Å². The van der Waals surface area contributed by atoms with Gasteiger partial charge in [-0.2, -0.15) is 0 Å². The van der Waals surface area contributed by atoms with E-state index in [-0.39, 0.29) is 0 Å². The Labute approximate surface area is 78.9 Å². The topological polar surface area (TPSA) is 35.5 Å². The van der Waals surface area contributed by atoms with E-state index in [4.69, 9.17) is 5.11 Å². The first-order valence-corrected chi connectivity index (χ1v) is 4.90. The molecule has 0 radical (unpaired) electrons. The van der Waals surface area contributed by atoms with Crippen molar-refractivity contribution in [2.24, 2.45) is 0 Å². The average Bonchev–Trinajstić information content (AvgIpc) is 2.19. The number of hydrogen-bond donors (Lipinski definition) is 2. The summed E-state index contributed by atoms with van der Waals surface area (Å²) in [4.78, 5) is 2.12. The van der Waals surface area contributed by atoms with Gasteiger partial charge in [-0.25, -0.2) is 4.39 Å². The molecule has 1 fully saturated rings. The predicted octanol–water partition coefficient (Wildman–Crippen LogP) is 0.000600. The quantitative estimate of drug-likeness (QED) is 0.655. The Morgan fingerprint density at radius 1 is 1.54 bits per heavy atom. The molecule has 13 heavy (non-hydrogen) atoms. The summed E-state index contributed by atoms with van der Waals surface area (Å²) in [5.74, 6) is 0. The van der Waals surface area contributed by atoms with Gasteiger partial charge in [0.25, 0.3) is 0 Å². The van der Waals surface area contributed by atoms with Crippen molar-refractivity contribution in [3.63, 3.8) is 0 Å². The highest BCUT2D eigenvalue weighted by Gasteiger charge is 2.19. The first kappa shape index (κ1) is 10.9. The second kappa shape index (κ2) is 5.52. The molecule has 1 heterocycles. The van der Waals surface area contributed by atoms with Crippen molar-refractivity contribution >= 4 is 0 Å². The average molecular weight is 190 g/mol. The van der Waals surface area contributed by atoms with E-state index in [1.807, 2.05) is 7.05 Å². The molecule has 0 aromatic carbocycles. The van der Waals surface area contributed by atoms with Gasteiger partial charge in [-0.1, -0.05) is 0 Å². The monoisotopic (exact) mass is 190 g/mol. The second-order valence-electron chi connectivity index (χ2n) is 3.67. The van der Waals surface area contributed by atoms with E-state index in [0.29, 0.717) is 12.6 Å². The predicted molar refractivity (Wildman–Crippen MR) is 50.5 cm³/mol. The van der Waals surface area contributed by atoms with E-state index in [1.165, 1.54) is 0 Å². The largest absolute Gasteiger partial charge is 0.389 e. The van der Waals surface area contributed by atoms with Crippen molar-refractivity contribution in [2.45, 2.75) is 25.0 Å². The summed E-state index contributed by atoms with van der Waals surface area (Å²) in [5, 5.41) is 12.3. The van der Waals surface area contributed by atoms with Crippen LogP contribution in [0.4, 0.5) is 4.39 Å². The van der Waals surface area contributed by atoms with Gasteiger partial charge in [0.2, 0.25) is 0 Å². The van der Waals surface area contributed by atoms with E-state index in [9.17, 15) is 4.39 Å². The molecule has 1 rings (SSSR count). The van der Waals surface area contributed by atoms with Crippen molar-refractivity contribution in [1.29, 1.82) is 0 Å². The van der Waals surface area contributed by atoms with Crippen LogP contribution in [0.15, 0.2) is 0 Å². The molecule has 0 aromatic rings. The maximum Gasteiger partial charge on any atom is 0.117 e. The maximum absolute atomic E-state index is 12.0. The zero-order valence-corrected chi connectivity index (χ0v) is 8.17. The molecule has 1 aliphatic heterocycles. The third-order valence-corrected chi connectivity index (χ3v) is 2.64. The number of halogens is 1. The van der Waals surface area contributed by atoms with Crippen molar-refractivity contribution in [2.75, 3.05) is 33.4 Å². The van der Waals surface area contributed by atoms with Crippen LogP contribution in [0.3, 0.4) is 0 Å². The second-order valence-corrected chi connectivity index (χ2v) is 3.67. The summed E-state index contributed by atoms with van der Waals surface area (Å²) >= 11 is 0. The van der Waals surface area contributed by atoms with Gasteiger partial charge in [-0.3, -0.25) is 0 Å². The lowest BCUT2D eigenvalue weighted by atomic mass is 10.1. The van der Waals surface area contributed by atoms with E-state index in [1.54, 1.807) is 0 Å². The molecule has 4 heteroatoms. The Morgan fingerprint density at radius 2 is 2.15 bits per heavy atom. The summed E-state index contributed by atoms with van der Waals surface area (Å²) in [5.41, 5.74) is 0. The number of aliphatic hydroxyl groups is 1. The number of piperidine rings is 1. The number of likely N-dealkylation sites (tertiary alicyclic amines) is 1. The zero-order chi connectivity index (χ0) is 9.68. The Kier molecular flexibility index (Phi) is 4.62. The van der Waals surface area contributed by atoms with E-state index in [0.717, 1.165) is 25.9 Å². The minimum Gasteiger partial charge on any atom is -0.389 e. The zero-order valence-electron chi connectivity index (χ0n) is 8.17. The summed E-state index contributed by atoms with van der Waals surface area (Å²) in [6, 6.07) is 0.596. The standard InChI is InChI=1S/C9H19FN2O/c1-11-8-2-4-12(5-3-8)7-9(13)6-10/h8-9,11,13H,2-7H2,1H3. The summed E-state index contributed by atoms with van der Waals surface area (Å²) in [6.07, 6.45) is 1.39. The number of nitrogens with one attached hydrogen (secondary N) is 1. The van der Waals surface area contributed by atoms with Gasteiger partial charge in [0.15, 0.2) is 0 Å². The molecule has 0 aliphatic carbocycles. The first-order valence-electron chi connectivity index (χ1n) is 4.90. The van der Waals surface area contributed by atoms with Crippen LogP contribution in [-0.2, 0) is 0 Å². The van der Waals surface area contributed by atoms with Crippen LogP contribution in [0.25, 0.3) is 0 Å². The highest BCUT2D eigenvalue weighted by molar-refractivity contribution is 4.77. The Balaban J connectivity index is 2.17. The fourth-order valence-electron chi connectivity index (χ4n) is 1.75. The van der Waals surface area contributed by atoms with Crippen LogP contribution in [0.2, 0.25) is 0 Å². The molecular formula is C9H19FN2O. The molecule has 0 spiro atoms. The van der Waals surface area contributed by atoms with Crippen LogP contribution < -0.4 is 5.32 Å². The van der Waals surface area contributed by atoms with E-state index in [2.05, 4.69) is 10.2 Å². The Hall–Kier alpha value is -0.190. The third-order valence-electron chi connectivity index (χ3n) is 2.64. The lowest BCUT2D eigenvalue weighted by Crippen LogP contribution is -2.44. The van der Waals surface area contributed by atoms with Crippen LogP contribution in [0.1, 0.15) is 12.8 Å². The smallest absolute Gasteiger partial charge is 0.117 e. The first-order chi connectivity index (χ1) is 6.26. The van der Waals surface area contributed by atoms with Crippen LogP contribution in [0, 0.1) is 0 Å². The van der Waals surface area contributed by atoms with E-state index >= 15 is 0 Å². The number of alkyl halides is 1. The van der Waals surface area contributed by atoms with Gasteiger partial charge in [-0.15, -0.1) is 0 Å². The number of β-amino-alcohol motifs (C(OH)–C–C–N with tert-alkyl or cyclic N) is 1. The van der Waals surface area contributed by atoms with Gasteiger partial charge in [0, 0.05) is 12.6 Å². The van der Waals surface area contributed by atoms with Gasteiger partial charge < -0.3 is 15.3 Å². The molecule has 1 saturated heterocycles. The molecule has 2 N–H and O–H groups in total. The molecular weight excluding hydrogens is 171 g/mol. The minimum atomic E-state index is -0.800. The van der Waals surface area contributed by atoms with E-state index < -0.39 is 12.8 Å². The van der Waals surface area contributed by atoms with Crippen molar-refractivity contribution in [3.05, 3.63) is 0 Å². The summed E-state index contributed by atoms with van der Waals surface area (Å²) < 4.78 is 12.0. The molecule has 0 bridgehead atoms. The van der Waals surface area contributed by atoms with Gasteiger partial charge in [0.1, 0.15) is 6.67 Å². The molecule has 0 aromatic heterocycles. The maximum atomic E-state index is 12.0. The Morgan fingerprint density at radius 3 is 2.62 bits per heavy atom. The lowest BCUT2D eigenvalue weighted by Gasteiger charge is -2.32. The minimum absolute atomic E-state index is 0.479. The molecule has 78 valence electrons. The number of rotatable bonds is 4. The molecule has 3 nitrogen and oxygen atoms in total. The normalized spacial score (nSPS) is 23.3. The van der Waals surface area contributed by atoms with Gasteiger partial charge in [0.05, 0.1) is 6.10 Å². The highest BCUT2D eigenvalue weighted by atomic mass is 19.1. The van der Waals surface area contributed by atoms with Gasteiger partial charge in [-0.05, 0) is 33.0 Å². The van der Waals surface area contributed by atoms with Crippen LogP contribution in [-0.4, -0.2) is 55.5 Å². The molecule has 1 aliphatic rings.